The van der Waals surface area contributed by atoms with E-state index >= 15 is 0 Å². The van der Waals surface area contributed by atoms with E-state index in [0.29, 0.717) is 0 Å². The molecule has 0 bridgehead atoms. The smallest absolute Gasteiger partial charge is 0.155 e. The molecule has 0 fully saturated rings. The molecule has 0 aliphatic carbocycles. The van der Waals surface area contributed by atoms with Crippen LogP contribution in [0.5, 0.6) is 0 Å². The Labute approximate surface area is 200 Å². The van der Waals surface area contributed by atoms with Crippen molar-refractivity contribution in [2.45, 2.75) is 27.7 Å². The maximum absolute atomic E-state index is 10.0. The second-order valence-electron chi connectivity index (χ2n) is 7.23. The molecule has 0 aliphatic heterocycles. The van der Waals surface area contributed by atoms with Crippen molar-refractivity contribution in [1.29, 1.82) is 0 Å². The Morgan fingerprint density at radius 1 is 1.06 bits per heavy atom. The van der Waals surface area contributed by atoms with Crippen molar-refractivity contribution >= 4 is 27.2 Å². The molecule has 2 aromatic carbocycles. The van der Waals surface area contributed by atoms with Gasteiger partial charge in [0.2, 0.25) is 0 Å². The topological polar surface area (TPSA) is 50.2 Å². The number of allylic oxidation sites excluding steroid dienone is 2. The van der Waals surface area contributed by atoms with Gasteiger partial charge in [-0.05, 0) is 31.2 Å². The van der Waals surface area contributed by atoms with Gasteiger partial charge < -0.3 is 10.1 Å². The number of thiophene rings is 1. The predicted octanol–water partition coefficient (Wildman–Crippen LogP) is 7.08. The molecule has 31 heavy (non-hydrogen) atoms. The van der Waals surface area contributed by atoms with Crippen molar-refractivity contribution in [3.63, 3.8) is 0 Å². The minimum atomic E-state index is -0.125. The zero-order chi connectivity index (χ0) is 21.7. The maximum atomic E-state index is 10.0. The van der Waals surface area contributed by atoms with Crippen LogP contribution in [0.3, 0.4) is 0 Å². The van der Waals surface area contributed by atoms with E-state index in [9.17, 15) is 4.79 Å². The first-order valence-electron chi connectivity index (χ1n) is 9.65. The number of aliphatic hydroxyl groups excluding tert-OH is 1. The average Bonchev–Trinajstić information content (AvgIpc) is 3.11. The Hall–Kier alpha value is -2.59. The summed E-state index contributed by atoms with van der Waals surface area (Å²) in [7, 11) is 0. The molecule has 0 atom stereocenters. The molecule has 1 radical (unpaired) electrons. The molecule has 4 rings (SSSR count). The molecule has 1 N–H and O–H groups in total. The third-order valence-electron chi connectivity index (χ3n) is 4.30. The van der Waals surface area contributed by atoms with Crippen LogP contribution in [0, 0.1) is 19.9 Å². The van der Waals surface area contributed by atoms with Crippen molar-refractivity contribution < 1.29 is 30.0 Å². The van der Waals surface area contributed by atoms with Crippen LogP contribution in [-0.2, 0) is 24.9 Å². The van der Waals surface area contributed by atoms with Crippen molar-refractivity contribution in [2.75, 3.05) is 0 Å². The van der Waals surface area contributed by atoms with Crippen molar-refractivity contribution in [3.05, 3.63) is 89.8 Å². The summed E-state index contributed by atoms with van der Waals surface area (Å²) >= 11 is 1.81. The Morgan fingerprint density at radius 2 is 1.77 bits per heavy atom. The van der Waals surface area contributed by atoms with Gasteiger partial charge in [-0.25, -0.2) is 0 Å². The van der Waals surface area contributed by atoms with Gasteiger partial charge in [0.1, 0.15) is 0 Å². The first kappa shape index (κ1) is 24.7. The van der Waals surface area contributed by atoms with E-state index in [0.717, 1.165) is 16.8 Å². The number of fused-ring (bicyclic) bond motifs is 1. The molecule has 4 aromatic rings. The zero-order valence-corrected chi connectivity index (χ0v) is 21.1. The van der Waals surface area contributed by atoms with E-state index < -0.39 is 0 Å². The van der Waals surface area contributed by atoms with Gasteiger partial charge in [0.15, 0.2) is 5.78 Å². The quantitative estimate of drug-likeness (QED) is 0.154. The SMILES string of the molecule is CC(=O)C=C(C)O.Cc1[c-]c(-c2cc3sc(-c4ccccc4)cc3cn2)cc(C)c1.[Ir]. The van der Waals surface area contributed by atoms with Crippen LogP contribution in [0.1, 0.15) is 25.0 Å². The first-order valence-corrected chi connectivity index (χ1v) is 10.5. The van der Waals surface area contributed by atoms with Gasteiger partial charge in [-0.2, -0.15) is 0 Å². The molecule has 0 amide bonds. The fraction of sp³-hybridized carbons (Fsp3) is 0.154. The Morgan fingerprint density at radius 3 is 2.35 bits per heavy atom. The molecule has 0 spiro atoms. The van der Waals surface area contributed by atoms with Gasteiger partial charge in [0.05, 0.1) is 5.76 Å². The number of benzene rings is 2. The zero-order valence-electron chi connectivity index (χ0n) is 17.9. The van der Waals surface area contributed by atoms with Gasteiger partial charge in [0, 0.05) is 47.3 Å². The van der Waals surface area contributed by atoms with Crippen LogP contribution in [0.4, 0.5) is 0 Å². The van der Waals surface area contributed by atoms with Gasteiger partial charge in [0.25, 0.3) is 0 Å². The molecule has 0 saturated carbocycles. The first-order chi connectivity index (χ1) is 14.3. The second-order valence-corrected chi connectivity index (χ2v) is 8.32. The van der Waals surface area contributed by atoms with E-state index in [1.54, 1.807) is 0 Å². The molecular formula is C26H24IrNO2S-. The second kappa shape index (κ2) is 11.1. The number of aliphatic hydroxyl groups is 1. The Bertz CT molecular complexity index is 1190. The number of pyridine rings is 1. The van der Waals surface area contributed by atoms with Crippen molar-refractivity contribution in [1.82, 2.24) is 4.98 Å². The molecule has 2 aromatic heterocycles. The fourth-order valence-corrected chi connectivity index (χ4v) is 4.23. The van der Waals surface area contributed by atoms with Crippen molar-refractivity contribution in [2.24, 2.45) is 0 Å². The number of ketones is 1. The molecule has 3 nitrogen and oxygen atoms in total. The van der Waals surface area contributed by atoms with E-state index in [1.807, 2.05) is 23.6 Å². The standard InChI is InChI=1S/C21H16NS.C5H8O2.Ir/c1-14-8-15(2)10-17(9-14)19-12-21-18(13-22-19)11-20(23-21)16-6-4-3-5-7-16;1-4(6)3-5(2)7;/h3-9,11-13H,1-2H3;3,6H,1-2H3;/q-1;;. The van der Waals surface area contributed by atoms with Crippen molar-refractivity contribution in [3.8, 4) is 21.7 Å². The molecule has 0 saturated heterocycles. The summed E-state index contributed by atoms with van der Waals surface area (Å²) in [6.07, 6.45) is 3.14. The van der Waals surface area contributed by atoms with Gasteiger partial charge in [-0.3, -0.25) is 4.79 Å². The molecule has 5 heteroatoms. The predicted molar refractivity (Wildman–Crippen MR) is 126 cm³/mol. The largest absolute Gasteiger partial charge is 0.512 e. The summed E-state index contributed by atoms with van der Waals surface area (Å²) in [5, 5.41) is 9.56. The van der Waals surface area contributed by atoms with Crippen LogP contribution < -0.4 is 0 Å². The molecule has 0 unspecified atom stereocenters. The summed E-state index contributed by atoms with van der Waals surface area (Å²) in [4.78, 5) is 15.9. The van der Waals surface area contributed by atoms with Gasteiger partial charge >= 0.3 is 0 Å². The molecular weight excluding hydrogens is 583 g/mol. The Balaban J connectivity index is 0.000000373. The van der Waals surface area contributed by atoms with Crippen LogP contribution in [0.2, 0.25) is 0 Å². The molecule has 0 aliphatic rings. The van der Waals surface area contributed by atoms with Crippen LogP contribution >= 0.6 is 11.3 Å². The number of aromatic nitrogens is 1. The van der Waals surface area contributed by atoms with E-state index in [-0.39, 0.29) is 31.6 Å². The summed E-state index contributed by atoms with van der Waals surface area (Å²) in [6, 6.07) is 22.6. The fourth-order valence-electron chi connectivity index (χ4n) is 3.15. The minimum Gasteiger partial charge on any atom is -0.512 e. The maximum Gasteiger partial charge on any atom is 0.155 e. The minimum absolute atomic E-state index is 0. The van der Waals surface area contributed by atoms with Gasteiger partial charge in [-0.1, -0.05) is 50.2 Å². The summed E-state index contributed by atoms with van der Waals surface area (Å²) in [5.74, 6) is -0.0625. The van der Waals surface area contributed by atoms with Crippen LogP contribution in [0.25, 0.3) is 31.8 Å². The third-order valence-corrected chi connectivity index (χ3v) is 5.44. The van der Waals surface area contributed by atoms with Gasteiger partial charge in [-0.15, -0.1) is 46.2 Å². The number of aryl methyl sites for hydroxylation is 2. The molecule has 2 heterocycles. The summed E-state index contributed by atoms with van der Waals surface area (Å²) < 4.78 is 1.27. The van der Waals surface area contributed by atoms with E-state index in [2.05, 4.69) is 73.4 Å². The number of hydrogen-bond acceptors (Lipinski definition) is 4. The average molecular weight is 607 g/mol. The summed E-state index contributed by atoms with van der Waals surface area (Å²) in [5.41, 5.74) is 5.71. The summed E-state index contributed by atoms with van der Waals surface area (Å²) in [6.45, 7) is 7.04. The Kier molecular flexibility index (Phi) is 8.87. The normalized spacial score (nSPS) is 10.8. The monoisotopic (exact) mass is 607 g/mol. The van der Waals surface area contributed by atoms with E-state index in [1.165, 1.54) is 46.0 Å². The number of rotatable bonds is 3. The van der Waals surface area contributed by atoms with Crippen LogP contribution in [-0.4, -0.2) is 15.9 Å². The molecule has 161 valence electrons. The number of carbonyl (C=O) groups is 1. The number of hydrogen-bond donors (Lipinski definition) is 1. The van der Waals surface area contributed by atoms with Crippen LogP contribution in [0.15, 0.2) is 72.6 Å². The number of nitrogens with zero attached hydrogens (tertiary/aromatic N) is 1. The van der Waals surface area contributed by atoms with E-state index in [4.69, 9.17) is 5.11 Å². The number of carbonyl (C=O) groups excluding carboxylic acids is 1. The third kappa shape index (κ3) is 6.96.